The molecule has 0 saturated carbocycles. The molecule has 0 rings (SSSR count). The molecule has 0 aromatic heterocycles. The van der Waals surface area contributed by atoms with Crippen molar-refractivity contribution in [3.05, 3.63) is 0 Å². The first-order valence-corrected chi connectivity index (χ1v) is 5.66. The molecular formula is C10H16N2O8. The summed E-state index contributed by atoms with van der Waals surface area (Å²) >= 11 is 0. The van der Waals surface area contributed by atoms with Crippen LogP contribution in [0.15, 0.2) is 0 Å². The number of aliphatic carboxylic acids is 2. The zero-order valence-electron chi connectivity index (χ0n) is 10.6. The number of amides is 2. The lowest BCUT2D eigenvalue weighted by atomic mass is 10.3. The molecule has 0 heterocycles. The number of carbonyl (C=O) groups excluding carboxylic acids is 2. The Morgan fingerprint density at radius 3 is 1.40 bits per heavy atom. The minimum absolute atomic E-state index is 0.0472. The van der Waals surface area contributed by atoms with Crippen LogP contribution in [0.1, 0.15) is 12.8 Å². The summed E-state index contributed by atoms with van der Waals surface area (Å²) in [6.45, 7) is -0.950. The molecular weight excluding hydrogens is 276 g/mol. The van der Waals surface area contributed by atoms with Crippen molar-refractivity contribution < 1.29 is 38.9 Å². The van der Waals surface area contributed by atoms with E-state index >= 15 is 0 Å². The maximum Gasteiger partial charge on any atom is 0.407 e. The third-order valence-corrected chi connectivity index (χ3v) is 1.77. The Balaban J connectivity index is 3.39. The number of hydrogen-bond acceptors (Lipinski definition) is 6. The van der Waals surface area contributed by atoms with Gasteiger partial charge in [0, 0.05) is 0 Å². The monoisotopic (exact) mass is 292 g/mol. The minimum Gasteiger partial charge on any atom is -0.480 e. The predicted octanol–water partition coefficient (Wildman–Crippen LogP) is -0.612. The van der Waals surface area contributed by atoms with E-state index in [2.05, 4.69) is 9.47 Å². The van der Waals surface area contributed by atoms with Crippen molar-refractivity contribution in [2.75, 3.05) is 26.3 Å². The van der Waals surface area contributed by atoms with Crippen LogP contribution in [-0.2, 0) is 19.1 Å². The molecule has 0 bridgehead atoms. The molecule has 10 heteroatoms. The molecule has 114 valence electrons. The van der Waals surface area contributed by atoms with Crippen LogP contribution in [0.4, 0.5) is 9.59 Å². The number of rotatable bonds is 9. The summed E-state index contributed by atoms with van der Waals surface area (Å²) in [5.74, 6) is -2.36. The van der Waals surface area contributed by atoms with Gasteiger partial charge in [0.1, 0.15) is 13.1 Å². The van der Waals surface area contributed by atoms with Gasteiger partial charge in [-0.2, -0.15) is 0 Å². The van der Waals surface area contributed by atoms with Gasteiger partial charge < -0.3 is 30.3 Å². The smallest absolute Gasteiger partial charge is 0.407 e. The lowest BCUT2D eigenvalue weighted by Crippen LogP contribution is -2.30. The van der Waals surface area contributed by atoms with Crippen molar-refractivity contribution in [3.63, 3.8) is 0 Å². The number of carboxylic acids is 2. The molecule has 0 radical (unpaired) electrons. The molecule has 0 aromatic carbocycles. The lowest BCUT2D eigenvalue weighted by molar-refractivity contribution is -0.136. The van der Waals surface area contributed by atoms with Gasteiger partial charge in [-0.25, -0.2) is 9.59 Å². The van der Waals surface area contributed by atoms with Gasteiger partial charge in [0.05, 0.1) is 13.2 Å². The lowest BCUT2D eigenvalue weighted by Gasteiger charge is -2.06. The molecule has 20 heavy (non-hydrogen) atoms. The van der Waals surface area contributed by atoms with Crippen molar-refractivity contribution in [2.45, 2.75) is 12.8 Å². The highest BCUT2D eigenvalue weighted by molar-refractivity contribution is 5.76. The van der Waals surface area contributed by atoms with Crippen molar-refractivity contribution in [1.29, 1.82) is 0 Å². The largest absolute Gasteiger partial charge is 0.480 e. The molecule has 0 fully saturated rings. The summed E-state index contributed by atoms with van der Waals surface area (Å²) in [5, 5.41) is 20.6. The molecule has 0 aromatic rings. The second-order valence-electron chi connectivity index (χ2n) is 3.47. The summed E-state index contributed by atoms with van der Waals surface area (Å²) in [5.41, 5.74) is 0. The molecule has 0 atom stereocenters. The van der Waals surface area contributed by atoms with Crippen molar-refractivity contribution in [3.8, 4) is 0 Å². The van der Waals surface area contributed by atoms with Crippen LogP contribution >= 0.6 is 0 Å². The van der Waals surface area contributed by atoms with E-state index in [-0.39, 0.29) is 13.2 Å². The van der Waals surface area contributed by atoms with Gasteiger partial charge in [-0.05, 0) is 12.8 Å². The van der Waals surface area contributed by atoms with E-state index in [4.69, 9.17) is 10.2 Å². The van der Waals surface area contributed by atoms with Crippen LogP contribution in [0, 0.1) is 0 Å². The summed E-state index contributed by atoms with van der Waals surface area (Å²) in [7, 11) is 0. The van der Waals surface area contributed by atoms with Crippen LogP contribution in [0.2, 0.25) is 0 Å². The Labute approximate surface area is 114 Å². The average Bonchev–Trinajstić information content (AvgIpc) is 2.37. The van der Waals surface area contributed by atoms with Crippen LogP contribution in [-0.4, -0.2) is 60.6 Å². The Hall–Kier alpha value is -2.52. The number of carboxylic acid groups (broad SMARTS) is 2. The minimum atomic E-state index is -1.18. The zero-order chi connectivity index (χ0) is 15.4. The van der Waals surface area contributed by atoms with Gasteiger partial charge >= 0.3 is 24.1 Å². The van der Waals surface area contributed by atoms with Crippen LogP contribution < -0.4 is 10.6 Å². The third-order valence-electron chi connectivity index (χ3n) is 1.77. The van der Waals surface area contributed by atoms with E-state index in [0.717, 1.165) is 0 Å². The van der Waals surface area contributed by atoms with Crippen LogP contribution in [0.5, 0.6) is 0 Å². The van der Waals surface area contributed by atoms with Gasteiger partial charge in [-0.1, -0.05) is 0 Å². The first-order chi connectivity index (χ1) is 9.41. The van der Waals surface area contributed by atoms with Gasteiger partial charge in [0.25, 0.3) is 0 Å². The number of unbranched alkanes of at least 4 members (excludes halogenated alkanes) is 1. The van der Waals surface area contributed by atoms with E-state index in [9.17, 15) is 19.2 Å². The molecule has 10 nitrogen and oxygen atoms in total. The summed E-state index contributed by atoms with van der Waals surface area (Å²) in [4.78, 5) is 42.0. The second kappa shape index (κ2) is 10.4. The summed E-state index contributed by atoms with van der Waals surface area (Å²) in [6.07, 6.45) is -0.862. The van der Waals surface area contributed by atoms with Gasteiger partial charge in [0.15, 0.2) is 0 Å². The van der Waals surface area contributed by atoms with Gasteiger partial charge in [-0.15, -0.1) is 0 Å². The Morgan fingerprint density at radius 1 is 0.750 bits per heavy atom. The fourth-order valence-electron chi connectivity index (χ4n) is 0.931. The third kappa shape index (κ3) is 12.0. The standard InChI is InChI=1S/C10H16N2O8/c13-7(14)5-11-9(17)19-3-1-2-4-20-10(18)12-6-8(15)16/h1-6H2,(H,11,17)(H,12,18)(H,13,14)(H,15,16). The van der Waals surface area contributed by atoms with E-state index < -0.39 is 37.2 Å². The van der Waals surface area contributed by atoms with E-state index in [1.165, 1.54) is 0 Å². The highest BCUT2D eigenvalue weighted by Crippen LogP contribution is 1.92. The molecule has 0 spiro atoms. The van der Waals surface area contributed by atoms with E-state index in [0.29, 0.717) is 12.8 Å². The van der Waals surface area contributed by atoms with Crippen molar-refractivity contribution >= 4 is 24.1 Å². The number of hydrogen-bond donors (Lipinski definition) is 4. The first-order valence-electron chi connectivity index (χ1n) is 5.66. The Morgan fingerprint density at radius 2 is 1.10 bits per heavy atom. The molecule has 0 aliphatic rings. The zero-order valence-corrected chi connectivity index (χ0v) is 10.6. The SMILES string of the molecule is O=C(O)CNC(=O)OCCCCOC(=O)NCC(=O)O. The summed E-state index contributed by atoms with van der Waals surface area (Å²) < 4.78 is 9.26. The number of alkyl carbamates (subject to hydrolysis) is 2. The molecule has 0 unspecified atom stereocenters. The number of carbonyl (C=O) groups is 4. The maximum absolute atomic E-state index is 10.9. The number of ether oxygens (including phenoxy) is 2. The van der Waals surface area contributed by atoms with Crippen LogP contribution in [0.3, 0.4) is 0 Å². The van der Waals surface area contributed by atoms with Crippen molar-refractivity contribution in [2.24, 2.45) is 0 Å². The van der Waals surface area contributed by atoms with E-state index in [1.54, 1.807) is 0 Å². The highest BCUT2D eigenvalue weighted by Gasteiger charge is 2.05. The van der Waals surface area contributed by atoms with Gasteiger partial charge in [0.2, 0.25) is 0 Å². The molecule has 2 amide bonds. The highest BCUT2D eigenvalue weighted by atomic mass is 16.6. The average molecular weight is 292 g/mol. The normalized spacial score (nSPS) is 9.40. The number of nitrogens with one attached hydrogen (secondary N) is 2. The van der Waals surface area contributed by atoms with Crippen LogP contribution in [0.25, 0.3) is 0 Å². The Bertz CT molecular complexity index is 323. The quantitative estimate of drug-likeness (QED) is 0.411. The summed E-state index contributed by atoms with van der Waals surface area (Å²) in [6, 6.07) is 0. The van der Waals surface area contributed by atoms with Gasteiger partial charge in [-0.3, -0.25) is 9.59 Å². The Kier molecular flexibility index (Phi) is 9.10. The topological polar surface area (TPSA) is 151 Å². The first kappa shape index (κ1) is 17.5. The fraction of sp³-hybridized carbons (Fsp3) is 0.600. The molecule has 0 saturated heterocycles. The fourth-order valence-corrected chi connectivity index (χ4v) is 0.931. The molecule has 0 aliphatic carbocycles. The van der Waals surface area contributed by atoms with E-state index in [1.807, 2.05) is 10.6 Å². The molecule has 0 aliphatic heterocycles. The molecule has 4 N–H and O–H groups in total. The predicted molar refractivity (Wildman–Crippen MR) is 63.2 cm³/mol. The second-order valence-corrected chi connectivity index (χ2v) is 3.47. The maximum atomic E-state index is 10.9. The van der Waals surface area contributed by atoms with Crippen molar-refractivity contribution in [1.82, 2.24) is 10.6 Å².